The molecule has 0 aliphatic carbocycles. The summed E-state index contributed by atoms with van der Waals surface area (Å²) in [7, 11) is 0. The third-order valence-electron chi connectivity index (χ3n) is 2.33. The summed E-state index contributed by atoms with van der Waals surface area (Å²) in [6.45, 7) is 9.12. The lowest BCUT2D eigenvalue weighted by Gasteiger charge is -2.09. The maximum Gasteiger partial charge on any atom is 0.137 e. The van der Waals surface area contributed by atoms with Crippen LogP contribution in [0.4, 0.5) is 0 Å². The Morgan fingerprint density at radius 3 is 2.67 bits per heavy atom. The van der Waals surface area contributed by atoms with Crippen LogP contribution in [0.5, 0.6) is 5.75 Å². The molecule has 1 aromatic rings. The predicted octanol–water partition coefficient (Wildman–Crippen LogP) is 2.39. The van der Waals surface area contributed by atoms with Crippen molar-refractivity contribution in [3.05, 3.63) is 24.0 Å². The Morgan fingerprint density at radius 2 is 2.06 bits per heavy atom. The number of hydrogen-bond donors (Lipinski definition) is 1. The fourth-order valence-corrected chi connectivity index (χ4v) is 1.37. The SMILES string of the molecule is CCCOCCOc1ccc(CNC(C)C)nc1. The van der Waals surface area contributed by atoms with Crippen molar-refractivity contribution < 1.29 is 9.47 Å². The molecule has 1 rings (SSSR count). The maximum absolute atomic E-state index is 5.53. The monoisotopic (exact) mass is 252 g/mol. The zero-order valence-electron chi connectivity index (χ0n) is 11.6. The molecule has 0 saturated carbocycles. The van der Waals surface area contributed by atoms with Crippen molar-refractivity contribution in [2.24, 2.45) is 0 Å². The van der Waals surface area contributed by atoms with Crippen LogP contribution in [0.2, 0.25) is 0 Å². The van der Waals surface area contributed by atoms with E-state index in [0.29, 0.717) is 19.3 Å². The summed E-state index contributed by atoms with van der Waals surface area (Å²) >= 11 is 0. The van der Waals surface area contributed by atoms with E-state index in [0.717, 1.165) is 31.0 Å². The van der Waals surface area contributed by atoms with Crippen LogP contribution in [0.15, 0.2) is 18.3 Å². The molecule has 0 atom stereocenters. The molecule has 0 aliphatic rings. The largest absolute Gasteiger partial charge is 0.490 e. The molecule has 0 radical (unpaired) electrons. The van der Waals surface area contributed by atoms with Gasteiger partial charge < -0.3 is 14.8 Å². The second-order valence-electron chi connectivity index (χ2n) is 4.48. The minimum absolute atomic E-state index is 0.471. The van der Waals surface area contributed by atoms with Gasteiger partial charge in [-0.3, -0.25) is 4.98 Å². The number of pyridine rings is 1. The van der Waals surface area contributed by atoms with Crippen molar-refractivity contribution >= 4 is 0 Å². The van der Waals surface area contributed by atoms with Crippen LogP contribution < -0.4 is 10.1 Å². The molecule has 0 spiro atoms. The topological polar surface area (TPSA) is 43.4 Å². The standard InChI is InChI=1S/C14H24N2O2/c1-4-7-17-8-9-18-14-6-5-13(16-11-14)10-15-12(2)3/h5-6,11-12,15H,4,7-10H2,1-3H3. The van der Waals surface area contributed by atoms with Gasteiger partial charge in [-0.1, -0.05) is 20.8 Å². The number of nitrogens with zero attached hydrogens (tertiary/aromatic N) is 1. The molecule has 0 aromatic carbocycles. The van der Waals surface area contributed by atoms with Crippen LogP contribution in [-0.2, 0) is 11.3 Å². The van der Waals surface area contributed by atoms with Gasteiger partial charge in [0, 0.05) is 19.2 Å². The van der Waals surface area contributed by atoms with E-state index in [1.54, 1.807) is 6.20 Å². The molecule has 102 valence electrons. The van der Waals surface area contributed by atoms with Gasteiger partial charge >= 0.3 is 0 Å². The Balaban J connectivity index is 2.23. The quantitative estimate of drug-likeness (QED) is 0.685. The zero-order chi connectivity index (χ0) is 13.2. The van der Waals surface area contributed by atoms with E-state index in [-0.39, 0.29) is 0 Å². The lowest BCUT2D eigenvalue weighted by molar-refractivity contribution is 0.100. The average molecular weight is 252 g/mol. The first-order valence-corrected chi connectivity index (χ1v) is 6.61. The summed E-state index contributed by atoms with van der Waals surface area (Å²) in [6.07, 6.45) is 2.80. The number of aromatic nitrogens is 1. The highest BCUT2D eigenvalue weighted by Crippen LogP contribution is 2.09. The molecule has 1 N–H and O–H groups in total. The van der Waals surface area contributed by atoms with E-state index in [1.807, 2.05) is 12.1 Å². The summed E-state index contributed by atoms with van der Waals surface area (Å²) < 4.78 is 10.9. The van der Waals surface area contributed by atoms with Gasteiger partial charge in [-0.2, -0.15) is 0 Å². The van der Waals surface area contributed by atoms with Crippen molar-refractivity contribution in [3.8, 4) is 5.75 Å². The van der Waals surface area contributed by atoms with Crippen LogP contribution in [-0.4, -0.2) is 30.8 Å². The predicted molar refractivity (Wildman–Crippen MR) is 72.8 cm³/mol. The molecule has 18 heavy (non-hydrogen) atoms. The highest BCUT2D eigenvalue weighted by Gasteiger charge is 1.98. The first kappa shape index (κ1) is 14.9. The molecule has 0 unspecified atom stereocenters. The fraction of sp³-hybridized carbons (Fsp3) is 0.643. The minimum atomic E-state index is 0.471. The Bertz CT molecular complexity index is 312. The van der Waals surface area contributed by atoms with Gasteiger partial charge in [0.15, 0.2) is 0 Å². The molecule has 0 fully saturated rings. The van der Waals surface area contributed by atoms with Gasteiger partial charge in [-0.15, -0.1) is 0 Å². The molecule has 0 amide bonds. The highest BCUT2D eigenvalue weighted by molar-refractivity contribution is 5.19. The second kappa shape index (κ2) is 8.89. The Morgan fingerprint density at radius 1 is 1.22 bits per heavy atom. The van der Waals surface area contributed by atoms with Crippen LogP contribution in [0.1, 0.15) is 32.9 Å². The van der Waals surface area contributed by atoms with Gasteiger partial charge in [-0.05, 0) is 18.6 Å². The smallest absolute Gasteiger partial charge is 0.137 e. The molecular weight excluding hydrogens is 228 g/mol. The normalized spacial score (nSPS) is 10.9. The third kappa shape index (κ3) is 6.57. The number of ether oxygens (including phenoxy) is 2. The van der Waals surface area contributed by atoms with Crippen molar-refractivity contribution in [3.63, 3.8) is 0 Å². The molecule has 0 aliphatic heterocycles. The molecule has 1 aromatic heterocycles. The molecule has 0 bridgehead atoms. The Labute approximate surface area is 110 Å². The summed E-state index contributed by atoms with van der Waals surface area (Å²) in [5.74, 6) is 0.795. The summed E-state index contributed by atoms with van der Waals surface area (Å²) in [6, 6.07) is 4.40. The lowest BCUT2D eigenvalue weighted by Crippen LogP contribution is -2.22. The lowest BCUT2D eigenvalue weighted by atomic mass is 10.3. The molecular formula is C14H24N2O2. The van der Waals surface area contributed by atoms with Crippen molar-refractivity contribution in [1.29, 1.82) is 0 Å². The van der Waals surface area contributed by atoms with Gasteiger partial charge in [0.05, 0.1) is 18.5 Å². The van der Waals surface area contributed by atoms with E-state index in [1.165, 1.54) is 0 Å². The summed E-state index contributed by atoms with van der Waals surface area (Å²) in [5, 5.41) is 3.32. The average Bonchev–Trinajstić information content (AvgIpc) is 2.37. The minimum Gasteiger partial charge on any atom is -0.490 e. The number of hydrogen-bond acceptors (Lipinski definition) is 4. The van der Waals surface area contributed by atoms with Crippen LogP contribution in [0.25, 0.3) is 0 Å². The van der Waals surface area contributed by atoms with E-state index >= 15 is 0 Å². The maximum atomic E-state index is 5.53. The Hall–Kier alpha value is -1.13. The highest BCUT2D eigenvalue weighted by atomic mass is 16.5. The first-order valence-electron chi connectivity index (χ1n) is 6.61. The van der Waals surface area contributed by atoms with Crippen molar-refractivity contribution in [2.45, 2.75) is 39.8 Å². The van der Waals surface area contributed by atoms with E-state index < -0.39 is 0 Å². The van der Waals surface area contributed by atoms with Gasteiger partial charge in [0.2, 0.25) is 0 Å². The zero-order valence-corrected chi connectivity index (χ0v) is 11.6. The molecule has 4 heteroatoms. The van der Waals surface area contributed by atoms with Crippen molar-refractivity contribution in [2.75, 3.05) is 19.8 Å². The van der Waals surface area contributed by atoms with Crippen molar-refractivity contribution in [1.82, 2.24) is 10.3 Å². The molecule has 4 nitrogen and oxygen atoms in total. The summed E-state index contributed by atoms with van der Waals surface area (Å²) in [4.78, 5) is 4.34. The Kier molecular flexibility index (Phi) is 7.37. The van der Waals surface area contributed by atoms with Gasteiger partial charge in [0.1, 0.15) is 12.4 Å². The van der Waals surface area contributed by atoms with Crippen LogP contribution >= 0.6 is 0 Å². The van der Waals surface area contributed by atoms with Crippen LogP contribution in [0.3, 0.4) is 0 Å². The summed E-state index contributed by atoms with van der Waals surface area (Å²) in [5.41, 5.74) is 1.03. The van der Waals surface area contributed by atoms with Gasteiger partial charge in [-0.25, -0.2) is 0 Å². The van der Waals surface area contributed by atoms with E-state index in [2.05, 4.69) is 31.1 Å². The number of nitrogens with one attached hydrogen (secondary N) is 1. The first-order chi connectivity index (χ1) is 8.72. The van der Waals surface area contributed by atoms with E-state index in [9.17, 15) is 0 Å². The molecule has 1 heterocycles. The number of rotatable bonds is 9. The van der Waals surface area contributed by atoms with E-state index in [4.69, 9.17) is 9.47 Å². The fourth-order valence-electron chi connectivity index (χ4n) is 1.37. The third-order valence-corrected chi connectivity index (χ3v) is 2.33. The second-order valence-corrected chi connectivity index (χ2v) is 4.48. The van der Waals surface area contributed by atoms with Crippen LogP contribution in [0, 0.1) is 0 Å². The molecule has 0 saturated heterocycles. The van der Waals surface area contributed by atoms with Gasteiger partial charge in [0.25, 0.3) is 0 Å².